The Bertz CT molecular complexity index is 205. The van der Waals surface area contributed by atoms with Crippen molar-refractivity contribution in [3.63, 3.8) is 0 Å². The molecule has 2 heterocycles. The Kier molecular flexibility index (Phi) is 1.74. The van der Waals surface area contributed by atoms with Crippen LogP contribution in [0, 0.1) is 11.8 Å². The lowest BCUT2D eigenvalue weighted by atomic mass is 9.73. The van der Waals surface area contributed by atoms with Gasteiger partial charge in [-0.25, -0.2) is 4.79 Å². The van der Waals surface area contributed by atoms with Gasteiger partial charge in [0.25, 0.3) is 0 Å². The van der Waals surface area contributed by atoms with Gasteiger partial charge in [-0.2, -0.15) is 0 Å². The summed E-state index contributed by atoms with van der Waals surface area (Å²) in [4.78, 5) is 12.4. The van der Waals surface area contributed by atoms with Crippen molar-refractivity contribution in [2.24, 2.45) is 11.8 Å². The Hall–Kier alpha value is -0.730. The number of amides is 1. The number of rotatable bonds is 0. The number of carbonyl (C=O) groups is 1. The van der Waals surface area contributed by atoms with Crippen LogP contribution in [0.4, 0.5) is 4.79 Å². The van der Waals surface area contributed by atoms with Crippen molar-refractivity contribution in [3.8, 4) is 0 Å². The molecule has 1 N–H and O–H groups in total. The maximum atomic E-state index is 10.8. The summed E-state index contributed by atoms with van der Waals surface area (Å²) >= 11 is 0. The summed E-state index contributed by atoms with van der Waals surface area (Å²) in [5.74, 6) is 1.37. The molecule has 3 unspecified atom stereocenters. The van der Waals surface area contributed by atoms with Crippen molar-refractivity contribution < 1.29 is 9.90 Å². The highest BCUT2D eigenvalue weighted by Gasteiger charge is 2.40. The molecule has 1 amide bonds. The van der Waals surface area contributed by atoms with Gasteiger partial charge in [0.05, 0.1) is 0 Å². The molecule has 12 heavy (non-hydrogen) atoms. The molecule has 1 aliphatic carbocycles. The van der Waals surface area contributed by atoms with Gasteiger partial charge < -0.3 is 10.0 Å². The Morgan fingerprint density at radius 3 is 2.67 bits per heavy atom. The number of piperidine rings is 2. The quantitative estimate of drug-likeness (QED) is 0.600. The van der Waals surface area contributed by atoms with E-state index in [9.17, 15) is 4.79 Å². The fraction of sp³-hybridized carbons (Fsp3) is 0.889. The molecular weight excluding hydrogens is 154 g/mol. The first-order chi connectivity index (χ1) is 5.68. The Morgan fingerprint density at radius 1 is 1.50 bits per heavy atom. The van der Waals surface area contributed by atoms with Crippen LogP contribution < -0.4 is 0 Å². The molecule has 3 nitrogen and oxygen atoms in total. The lowest BCUT2D eigenvalue weighted by molar-refractivity contribution is 0.0190. The van der Waals surface area contributed by atoms with Crippen LogP contribution in [0.5, 0.6) is 0 Å². The SMILES string of the molecule is CC1CC2CCC1CN2C(=O)O. The lowest BCUT2D eigenvalue weighted by Crippen LogP contribution is -2.53. The Balaban J connectivity index is 2.10. The Morgan fingerprint density at radius 2 is 2.25 bits per heavy atom. The third kappa shape index (κ3) is 1.08. The van der Waals surface area contributed by atoms with E-state index in [0.717, 1.165) is 25.3 Å². The zero-order chi connectivity index (χ0) is 8.72. The second-order valence-corrected chi connectivity index (χ2v) is 4.14. The van der Waals surface area contributed by atoms with Gasteiger partial charge in [-0.05, 0) is 31.1 Å². The second kappa shape index (κ2) is 2.64. The second-order valence-electron chi connectivity index (χ2n) is 4.14. The van der Waals surface area contributed by atoms with E-state index in [0.29, 0.717) is 12.0 Å². The topological polar surface area (TPSA) is 40.5 Å². The predicted octanol–water partition coefficient (Wildman–Crippen LogP) is 1.78. The van der Waals surface area contributed by atoms with Crippen LogP contribution in [0.15, 0.2) is 0 Å². The molecule has 2 saturated heterocycles. The van der Waals surface area contributed by atoms with E-state index in [-0.39, 0.29) is 0 Å². The minimum Gasteiger partial charge on any atom is -0.465 e. The Labute approximate surface area is 72.4 Å². The summed E-state index contributed by atoms with van der Waals surface area (Å²) in [5, 5.41) is 8.87. The van der Waals surface area contributed by atoms with E-state index >= 15 is 0 Å². The summed E-state index contributed by atoms with van der Waals surface area (Å²) < 4.78 is 0. The molecular formula is C9H15NO2. The molecule has 2 aliphatic heterocycles. The molecule has 3 rings (SSSR count). The minimum atomic E-state index is -0.725. The third-order valence-electron chi connectivity index (χ3n) is 3.44. The molecule has 68 valence electrons. The molecule has 0 radical (unpaired) electrons. The molecule has 3 aliphatic rings. The summed E-state index contributed by atoms with van der Waals surface area (Å²) in [5.41, 5.74) is 0. The molecule has 3 fully saturated rings. The maximum Gasteiger partial charge on any atom is 0.407 e. The molecule has 0 spiro atoms. The normalized spacial score (nSPS) is 40.1. The molecule has 2 bridgehead atoms. The summed E-state index contributed by atoms with van der Waals surface area (Å²) in [6, 6.07) is 0.322. The van der Waals surface area contributed by atoms with E-state index in [1.165, 1.54) is 6.42 Å². The number of hydrogen-bond acceptors (Lipinski definition) is 1. The van der Waals surface area contributed by atoms with Crippen LogP contribution >= 0.6 is 0 Å². The highest BCUT2D eigenvalue weighted by Crippen LogP contribution is 2.38. The van der Waals surface area contributed by atoms with Gasteiger partial charge in [0.2, 0.25) is 0 Å². The average molecular weight is 169 g/mol. The van der Waals surface area contributed by atoms with Gasteiger partial charge in [-0.15, -0.1) is 0 Å². The van der Waals surface area contributed by atoms with Crippen LogP contribution in [0.25, 0.3) is 0 Å². The van der Waals surface area contributed by atoms with Gasteiger partial charge in [-0.1, -0.05) is 6.92 Å². The van der Waals surface area contributed by atoms with Crippen LogP contribution in [0.3, 0.4) is 0 Å². The summed E-state index contributed by atoms with van der Waals surface area (Å²) in [7, 11) is 0. The summed E-state index contributed by atoms with van der Waals surface area (Å²) in [6.45, 7) is 3.02. The van der Waals surface area contributed by atoms with E-state index in [1.54, 1.807) is 4.90 Å². The molecule has 0 aromatic carbocycles. The standard InChI is InChI=1S/C9H15NO2/c1-6-4-8-3-2-7(6)5-10(8)9(11)12/h6-8H,2-5H2,1H3,(H,11,12). The van der Waals surface area contributed by atoms with Crippen LogP contribution in [-0.2, 0) is 0 Å². The fourth-order valence-electron chi connectivity index (χ4n) is 2.62. The van der Waals surface area contributed by atoms with Crippen LogP contribution in [0.2, 0.25) is 0 Å². The number of hydrogen-bond donors (Lipinski definition) is 1. The van der Waals surface area contributed by atoms with Gasteiger partial charge >= 0.3 is 6.09 Å². The van der Waals surface area contributed by atoms with Gasteiger partial charge in [0, 0.05) is 12.6 Å². The molecule has 0 aromatic heterocycles. The van der Waals surface area contributed by atoms with Crippen molar-refractivity contribution in [1.82, 2.24) is 4.90 Å². The van der Waals surface area contributed by atoms with Gasteiger partial charge in [-0.3, -0.25) is 0 Å². The molecule has 1 saturated carbocycles. The molecule has 3 heteroatoms. The van der Waals surface area contributed by atoms with Crippen molar-refractivity contribution in [2.45, 2.75) is 32.2 Å². The zero-order valence-electron chi connectivity index (χ0n) is 7.36. The highest BCUT2D eigenvalue weighted by molar-refractivity contribution is 5.65. The average Bonchev–Trinajstić information content (AvgIpc) is 2.04. The number of carboxylic acid groups (broad SMARTS) is 1. The van der Waals surface area contributed by atoms with E-state index in [4.69, 9.17) is 5.11 Å². The minimum absolute atomic E-state index is 0.322. The van der Waals surface area contributed by atoms with E-state index < -0.39 is 6.09 Å². The van der Waals surface area contributed by atoms with Crippen molar-refractivity contribution >= 4 is 6.09 Å². The third-order valence-corrected chi connectivity index (χ3v) is 3.44. The van der Waals surface area contributed by atoms with Gasteiger partial charge in [0.1, 0.15) is 0 Å². The number of nitrogens with zero attached hydrogens (tertiary/aromatic N) is 1. The molecule has 3 atom stereocenters. The number of fused-ring (bicyclic) bond motifs is 3. The van der Waals surface area contributed by atoms with Crippen molar-refractivity contribution in [2.75, 3.05) is 6.54 Å². The van der Waals surface area contributed by atoms with Crippen molar-refractivity contribution in [3.05, 3.63) is 0 Å². The first-order valence-electron chi connectivity index (χ1n) is 4.68. The predicted molar refractivity (Wildman–Crippen MR) is 45.0 cm³/mol. The van der Waals surface area contributed by atoms with Crippen LogP contribution in [0.1, 0.15) is 26.2 Å². The van der Waals surface area contributed by atoms with Crippen LogP contribution in [-0.4, -0.2) is 28.7 Å². The fourth-order valence-corrected chi connectivity index (χ4v) is 2.62. The highest BCUT2D eigenvalue weighted by atomic mass is 16.4. The maximum absolute atomic E-state index is 10.8. The zero-order valence-corrected chi connectivity index (χ0v) is 7.36. The van der Waals surface area contributed by atoms with Crippen molar-refractivity contribution in [1.29, 1.82) is 0 Å². The van der Waals surface area contributed by atoms with Gasteiger partial charge in [0.15, 0.2) is 0 Å². The summed E-state index contributed by atoms with van der Waals surface area (Å²) in [6.07, 6.45) is 2.67. The first-order valence-corrected chi connectivity index (χ1v) is 4.68. The molecule has 0 aromatic rings. The first kappa shape index (κ1) is 7.90. The lowest BCUT2D eigenvalue weighted by Gasteiger charge is -2.47. The largest absolute Gasteiger partial charge is 0.465 e. The monoisotopic (exact) mass is 169 g/mol. The van der Waals surface area contributed by atoms with E-state index in [2.05, 4.69) is 6.92 Å². The van der Waals surface area contributed by atoms with E-state index in [1.807, 2.05) is 0 Å². The smallest absolute Gasteiger partial charge is 0.407 e.